The Balaban J connectivity index is 3.12. The van der Waals surface area contributed by atoms with Gasteiger partial charge < -0.3 is 9.52 Å². The number of carboxylic acids is 1. The molecule has 0 radical (unpaired) electrons. The van der Waals surface area contributed by atoms with Gasteiger partial charge in [-0.05, 0) is 6.42 Å². The second-order valence-corrected chi connectivity index (χ2v) is 2.17. The lowest BCUT2D eigenvalue weighted by Crippen LogP contribution is -1.98. The van der Waals surface area contributed by atoms with Crippen LogP contribution in [0.25, 0.3) is 0 Å². The van der Waals surface area contributed by atoms with Crippen molar-refractivity contribution in [3.8, 4) is 0 Å². The Bertz CT molecular complexity index is 277. The summed E-state index contributed by atoms with van der Waals surface area (Å²) < 4.78 is 4.86. The molecule has 0 aromatic carbocycles. The molecule has 1 heterocycles. The first kappa shape index (κ1) is 7.78. The first-order valence-electron chi connectivity index (χ1n) is 3.34. The molecule has 0 unspecified atom stereocenters. The van der Waals surface area contributed by atoms with Crippen LogP contribution < -0.4 is 0 Å². The van der Waals surface area contributed by atoms with Crippen LogP contribution >= 0.6 is 0 Å². The number of carboxylic acid groups (broad SMARTS) is 1. The standard InChI is InChI=1S/C7H9NO3/c1-3-5-6(7(9)10)11-4(2)8-5/h3H2,1-2H3,(H,9,10). The number of nitrogens with zero attached hydrogens (tertiary/aromatic N) is 1. The molecular weight excluding hydrogens is 146 g/mol. The molecule has 4 nitrogen and oxygen atoms in total. The van der Waals surface area contributed by atoms with E-state index in [4.69, 9.17) is 9.52 Å². The van der Waals surface area contributed by atoms with Gasteiger partial charge in [0.1, 0.15) is 0 Å². The summed E-state index contributed by atoms with van der Waals surface area (Å²) in [6.45, 7) is 3.47. The van der Waals surface area contributed by atoms with Crippen LogP contribution in [0.3, 0.4) is 0 Å². The van der Waals surface area contributed by atoms with Crippen molar-refractivity contribution in [1.82, 2.24) is 4.98 Å². The number of aryl methyl sites for hydroxylation is 2. The van der Waals surface area contributed by atoms with Crippen LogP contribution in [-0.2, 0) is 6.42 Å². The summed E-state index contributed by atoms with van der Waals surface area (Å²) in [6.07, 6.45) is 0.582. The monoisotopic (exact) mass is 155 g/mol. The normalized spacial score (nSPS) is 10.0. The molecule has 0 aliphatic carbocycles. The van der Waals surface area contributed by atoms with Gasteiger partial charge in [0.15, 0.2) is 5.89 Å². The summed E-state index contributed by atoms with van der Waals surface area (Å²) in [5.74, 6) is -0.688. The van der Waals surface area contributed by atoms with E-state index in [1.165, 1.54) is 0 Å². The van der Waals surface area contributed by atoms with E-state index in [0.717, 1.165) is 0 Å². The van der Waals surface area contributed by atoms with E-state index in [1.807, 2.05) is 6.92 Å². The molecule has 0 aliphatic heterocycles. The van der Waals surface area contributed by atoms with Crippen LogP contribution in [0.4, 0.5) is 0 Å². The minimum absolute atomic E-state index is 0.0370. The van der Waals surface area contributed by atoms with Gasteiger partial charge in [-0.25, -0.2) is 9.78 Å². The van der Waals surface area contributed by atoms with Crippen LogP contribution in [0.15, 0.2) is 4.42 Å². The first-order valence-corrected chi connectivity index (χ1v) is 3.34. The Labute approximate surface area is 63.9 Å². The lowest BCUT2D eigenvalue weighted by molar-refractivity contribution is 0.0659. The van der Waals surface area contributed by atoms with Crippen molar-refractivity contribution in [2.45, 2.75) is 20.3 Å². The lowest BCUT2D eigenvalue weighted by Gasteiger charge is -1.87. The van der Waals surface area contributed by atoms with Crippen molar-refractivity contribution < 1.29 is 14.3 Å². The first-order chi connectivity index (χ1) is 5.15. The second kappa shape index (κ2) is 2.74. The van der Waals surface area contributed by atoms with E-state index in [-0.39, 0.29) is 5.76 Å². The number of hydrogen-bond donors (Lipinski definition) is 1. The average Bonchev–Trinajstić information content (AvgIpc) is 2.30. The molecule has 1 aromatic rings. The van der Waals surface area contributed by atoms with Gasteiger partial charge in [0.05, 0.1) is 5.69 Å². The third-order valence-corrected chi connectivity index (χ3v) is 1.33. The molecule has 0 fully saturated rings. The number of aromatic carboxylic acids is 1. The van der Waals surface area contributed by atoms with E-state index in [1.54, 1.807) is 6.92 Å². The van der Waals surface area contributed by atoms with E-state index in [9.17, 15) is 4.79 Å². The Morgan fingerprint density at radius 2 is 2.36 bits per heavy atom. The molecule has 60 valence electrons. The van der Waals surface area contributed by atoms with Gasteiger partial charge in [0.2, 0.25) is 5.76 Å². The van der Waals surface area contributed by atoms with Crippen molar-refractivity contribution in [3.63, 3.8) is 0 Å². The topological polar surface area (TPSA) is 63.3 Å². The number of rotatable bonds is 2. The minimum Gasteiger partial charge on any atom is -0.475 e. The van der Waals surface area contributed by atoms with Gasteiger partial charge in [-0.1, -0.05) is 6.92 Å². The fraction of sp³-hybridized carbons (Fsp3) is 0.429. The molecule has 1 N–H and O–H groups in total. The minimum atomic E-state index is -1.05. The highest BCUT2D eigenvalue weighted by Gasteiger charge is 2.15. The summed E-state index contributed by atoms with van der Waals surface area (Å²) in [5.41, 5.74) is 0.509. The lowest BCUT2D eigenvalue weighted by atomic mass is 10.3. The molecule has 1 aromatic heterocycles. The van der Waals surface area contributed by atoms with E-state index < -0.39 is 5.97 Å². The second-order valence-electron chi connectivity index (χ2n) is 2.17. The van der Waals surface area contributed by atoms with Crippen molar-refractivity contribution in [2.75, 3.05) is 0 Å². The number of hydrogen-bond acceptors (Lipinski definition) is 3. The fourth-order valence-electron chi connectivity index (χ4n) is 0.877. The van der Waals surface area contributed by atoms with Crippen LogP contribution in [-0.4, -0.2) is 16.1 Å². The van der Waals surface area contributed by atoms with E-state index >= 15 is 0 Å². The SMILES string of the molecule is CCc1nc(C)oc1C(=O)O. The molecular formula is C7H9NO3. The highest BCUT2D eigenvalue weighted by molar-refractivity contribution is 5.85. The number of oxazole rings is 1. The van der Waals surface area contributed by atoms with E-state index in [0.29, 0.717) is 18.0 Å². The van der Waals surface area contributed by atoms with Gasteiger partial charge in [-0.3, -0.25) is 0 Å². The Kier molecular flexibility index (Phi) is 1.94. The van der Waals surface area contributed by atoms with Crippen molar-refractivity contribution in [1.29, 1.82) is 0 Å². The van der Waals surface area contributed by atoms with Crippen LogP contribution in [0.1, 0.15) is 29.1 Å². The quantitative estimate of drug-likeness (QED) is 0.697. The number of carbonyl (C=O) groups is 1. The Morgan fingerprint density at radius 1 is 1.73 bits per heavy atom. The maximum Gasteiger partial charge on any atom is 0.373 e. The molecule has 0 saturated carbocycles. The summed E-state index contributed by atoms with van der Waals surface area (Å²) in [5, 5.41) is 8.58. The maximum atomic E-state index is 10.5. The molecule has 0 bridgehead atoms. The molecule has 0 amide bonds. The van der Waals surface area contributed by atoms with Gasteiger partial charge >= 0.3 is 5.97 Å². The summed E-state index contributed by atoms with van der Waals surface area (Å²) in [7, 11) is 0. The van der Waals surface area contributed by atoms with Gasteiger partial charge in [-0.15, -0.1) is 0 Å². The van der Waals surface area contributed by atoms with Gasteiger partial charge in [0, 0.05) is 6.92 Å². The van der Waals surface area contributed by atoms with Crippen LogP contribution in [0.2, 0.25) is 0 Å². The fourth-order valence-corrected chi connectivity index (χ4v) is 0.877. The predicted octanol–water partition coefficient (Wildman–Crippen LogP) is 1.24. The number of aromatic nitrogens is 1. The highest BCUT2D eigenvalue weighted by Crippen LogP contribution is 2.10. The largest absolute Gasteiger partial charge is 0.475 e. The Hall–Kier alpha value is -1.32. The zero-order chi connectivity index (χ0) is 8.43. The zero-order valence-corrected chi connectivity index (χ0v) is 6.42. The molecule has 11 heavy (non-hydrogen) atoms. The van der Waals surface area contributed by atoms with Crippen molar-refractivity contribution >= 4 is 5.97 Å². The smallest absolute Gasteiger partial charge is 0.373 e. The molecule has 0 aliphatic rings. The average molecular weight is 155 g/mol. The summed E-state index contributed by atoms with van der Waals surface area (Å²) >= 11 is 0. The van der Waals surface area contributed by atoms with Crippen LogP contribution in [0, 0.1) is 6.92 Å². The van der Waals surface area contributed by atoms with Gasteiger partial charge in [-0.2, -0.15) is 0 Å². The van der Waals surface area contributed by atoms with Gasteiger partial charge in [0.25, 0.3) is 0 Å². The van der Waals surface area contributed by atoms with E-state index in [2.05, 4.69) is 4.98 Å². The molecule has 0 saturated heterocycles. The third kappa shape index (κ3) is 1.39. The molecule has 4 heteroatoms. The highest BCUT2D eigenvalue weighted by atomic mass is 16.4. The molecule has 0 spiro atoms. The maximum absolute atomic E-state index is 10.5. The zero-order valence-electron chi connectivity index (χ0n) is 6.42. The molecule has 0 atom stereocenters. The summed E-state index contributed by atoms with van der Waals surface area (Å²) in [6, 6.07) is 0. The molecule has 1 rings (SSSR count). The Morgan fingerprint density at radius 3 is 2.73 bits per heavy atom. The van der Waals surface area contributed by atoms with Crippen molar-refractivity contribution in [3.05, 3.63) is 17.3 Å². The summed E-state index contributed by atoms with van der Waals surface area (Å²) in [4.78, 5) is 14.4. The van der Waals surface area contributed by atoms with Crippen molar-refractivity contribution in [2.24, 2.45) is 0 Å². The third-order valence-electron chi connectivity index (χ3n) is 1.33. The van der Waals surface area contributed by atoms with Crippen LogP contribution in [0.5, 0.6) is 0 Å². The predicted molar refractivity (Wildman–Crippen MR) is 37.6 cm³/mol.